The van der Waals surface area contributed by atoms with E-state index < -0.39 is 0 Å². The van der Waals surface area contributed by atoms with Crippen LogP contribution in [0.4, 0.5) is 17.1 Å². The van der Waals surface area contributed by atoms with E-state index >= 15 is 0 Å². The molecule has 0 aliphatic carbocycles. The van der Waals surface area contributed by atoms with Gasteiger partial charge in [0, 0.05) is 50.2 Å². The molecule has 0 radical (unpaired) electrons. The van der Waals surface area contributed by atoms with Crippen LogP contribution in [0.15, 0.2) is 160 Å². The number of benzene rings is 7. The molecular weight excluding hydrogens is 526 g/mol. The van der Waals surface area contributed by atoms with E-state index in [-0.39, 0.29) is 0 Å². The molecule has 202 valence electrons. The summed E-state index contributed by atoms with van der Waals surface area (Å²) < 4.78 is 12.6. The third-order valence-electron chi connectivity index (χ3n) is 8.44. The smallest absolute Gasteiger partial charge is 0.137 e. The quantitative estimate of drug-likeness (QED) is 0.218. The van der Waals surface area contributed by atoms with Crippen LogP contribution >= 0.6 is 0 Å². The Labute approximate surface area is 247 Å². The normalized spacial score (nSPS) is 11.7. The van der Waals surface area contributed by atoms with Crippen LogP contribution in [0.25, 0.3) is 65.8 Å². The van der Waals surface area contributed by atoms with Gasteiger partial charge < -0.3 is 13.7 Å². The molecular formula is C40H25NO2. The minimum Gasteiger partial charge on any atom is -0.456 e. The third-order valence-corrected chi connectivity index (χ3v) is 8.44. The number of furan rings is 2. The van der Waals surface area contributed by atoms with Crippen molar-refractivity contribution < 1.29 is 8.83 Å². The summed E-state index contributed by atoms with van der Waals surface area (Å²) in [7, 11) is 0. The van der Waals surface area contributed by atoms with Crippen LogP contribution in [0.5, 0.6) is 0 Å². The molecule has 9 aromatic rings. The van der Waals surface area contributed by atoms with Crippen molar-refractivity contribution in [3.05, 3.63) is 152 Å². The van der Waals surface area contributed by atoms with Gasteiger partial charge in [-0.3, -0.25) is 0 Å². The molecule has 0 aliphatic rings. The van der Waals surface area contributed by atoms with Gasteiger partial charge in [-0.15, -0.1) is 0 Å². The lowest BCUT2D eigenvalue weighted by Crippen LogP contribution is -2.09. The van der Waals surface area contributed by atoms with Crippen molar-refractivity contribution in [3.63, 3.8) is 0 Å². The van der Waals surface area contributed by atoms with E-state index in [1.165, 1.54) is 10.9 Å². The Morgan fingerprint density at radius 1 is 0.372 bits per heavy atom. The lowest BCUT2D eigenvalue weighted by atomic mass is 9.93. The van der Waals surface area contributed by atoms with Crippen molar-refractivity contribution in [2.24, 2.45) is 0 Å². The zero-order chi connectivity index (χ0) is 28.3. The zero-order valence-electron chi connectivity index (χ0n) is 23.2. The van der Waals surface area contributed by atoms with Crippen LogP contribution in [0.2, 0.25) is 0 Å². The highest BCUT2D eigenvalue weighted by Crippen LogP contribution is 2.43. The van der Waals surface area contributed by atoms with Gasteiger partial charge in [-0.05, 0) is 70.9 Å². The molecule has 43 heavy (non-hydrogen) atoms. The Balaban J connectivity index is 1.23. The van der Waals surface area contributed by atoms with Crippen LogP contribution in [-0.2, 0) is 0 Å². The first-order chi connectivity index (χ1) is 21.3. The van der Waals surface area contributed by atoms with Crippen LogP contribution < -0.4 is 4.90 Å². The average molecular weight is 552 g/mol. The fourth-order valence-corrected chi connectivity index (χ4v) is 6.51. The van der Waals surface area contributed by atoms with E-state index in [2.05, 4.69) is 126 Å². The first-order valence-corrected chi connectivity index (χ1v) is 14.5. The van der Waals surface area contributed by atoms with E-state index in [0.29, 0.717) is 0 Å². The SMILES string of the molecule is c1ccc(N(c2ccc(-c3c4ccccc4cc4oc5ccccc5c34)cc2)c2ccc3c(c2)oc2ccccc23)cc1. The minimum atomic E-state index is 0.876. The lowest BCUT2D eigenvalue weighted by Gasteiger charge is -2.25. The van der Waals surface area contributed by atoms with Gasteiger partial charge in [0.25, 0.3) is 0 Å². The maximum Gasteiger partial charge on any atom is 0.137 e. The van der Waals surface area contributed by atoms with Crippen molar-refractivity contribution in [2.75, 3.05) is 4.90 Å². The summed E-state index contributed by atoms with van der Waals surface area (Å²) >= 11 is 0. The summed E-state index contributed by atoms with van der Waals surface area (Å²) in [5.74, 6) is 0. The summed E-state index contributed by atoms with van der Waals surface area (Å²) in [6, 6.07) is 53.1. The first-order valence-electron chi connectivity index (χ1n) is 14.5. The third kappa shape index (κ3) is 3.75. The fourth-order valence-electron chi connectivity index (χ4n) is 6.51. The maximum absolute atomic E-state index is 6.34. The van der Waals surface area contributed by atoms with Gasteiger partial charge in [0.1, 0.15) is 22.3 Å². The van der Waals surface area contributed by atoms with Gasteiger partial charge in [-0.25, -0.2) is 0 Å². The summed E-state index contributed by atoms with van der Waals surface area (Å²) in [4.78, 5) is 2.28. The molecule has 0 saturated carbocycles. The molecule has 0 saturated heterocycles. The van der Waals surface area contributed by atoms with E-state index in [0.717, 1.165) is 71.9 Å². The molecule has 2 heterocycles. The molecule has 9 rings (SSSR count). The van der Waals surface area contributed by atoms with E-state index in [1.807, 2.05) is 30.3 Å². The predicted molar refractivity (Wildman–Crippen MR) is 179 cm³/mol. The number of hydrogen-bond acceptors (Lipinski definition) is 3. The molecule has 0 N–H and O–H groups in total. The van der Waals surface area contributed by atoms with E-state index in [1.54, 1.807) is 0 Å². The zero-order valence-corrected chi connectivity index (χ0v) is 23.2. The molecule has 0 amide bonds. The number of para-hydroxylation sites is 3. The number of anilines is 3. The molecule has 0 fully saturated rings. The Bertz CT molecular complexity index is 2450. The highest BCUT2D eigenvalue weighted by atomic mass is 16.3. The molecule has 0 atom stereocenters. The van der Waals surface area contributed by atoms with Crippen molar-refractivity contribution in [1.29, 1.82) is 0 Å². The summed E-state index contributed by atoms with van der Waals surface area (Å²) in [5, 5.41) is 6.91. The molecule has 3 heteroatoms. The van der Waals surface area contributed by atoms with Gasteiger partial charge in [-0.2, -0.15) is 0 Å². The summed E-state index contributed by atoms with van der Waals surface area (Å²) in [5.41, 5.74) is 9.12. The number of rotatable bonds is 4. The fraction of sp³-hybridized carbons (Fsp3) is 0. The van der Waals surface area contributed by atoms with Crippen molar-refractivity contribution in [2.45, 2.75) is 0 Å². The van der Waals surface area contributed by atoms with Crippen molar-refractivity contribution >= 4 is 71.7 Å². The highest BCUT2D eigenvalue weighted by molar-refractivity contribution is 6.20. The Morgan fingerprint density at radius 2 is 0.953 bits per heavy atom. The molecule has 2 aromatic heterocycles. The van der Waals surface area contributed by atoms with Gasteiger partial charge in [0.15, 0.2) is 0 Å². The summed E-state index contributed by atoms with van der Waals surface area (Å²) in [6.45, 7) is 0. The monoisotopic (exact) mass is 551 g/mol. The minimum absolute atomic E-state index is 0.876. The number of hydrogen-bond donors (Lipinski definition) is 0. The second-order valence-corrected chi connectivity index (χ2v) is 10.9. The summed E-state index contributed by atoms with van der Waals surface area (Å²) in [6.07, 6.45) is 0. The molecule has 7 aromatic carbocycles. The lowest BCUT2D eigenvalue weighted by molar-refractivity contribution is 0.669. The molecule has 0 bridgehead atoms. The van der Waals surface area contributed by atoms with Gasteiger partial charge in [-0.1, -0.05) is 91.0 Å². The molecule has 3 nitrogen and oxygen atoms in total. The topological polar surface area (TPSA) is 29.5 Å². The predicted octanol–water partition coefficient (Wildman–Crippen LogP) is 11.8. The van der Waals surface area contributed by atoms with E-state index in [4.69, 9.17) is 8.83 Å². The Kier molecular flexibility index (Phi) is 5.20. The van der Waals surface area contributed by atoms with Crippen molar-refractivity contribution in [1.82, 2.24) is 0 Å². The first kappa shape index (κ1) is 23.9. The van der Waals surface area contributed by atoms with Gasteiger partial charge in [0.05, 0.1) is 0 Å². The van der Waals surface area contributed by atoms with Crippen LogP contribution in [-0.4, -0.2) is 0 Å². The van der Waals surface area contributed by atoms with Crippen LogP contribution in [0.1, 0.15) is 0 Å². The molecule has 0 unspecified atom stereocenters. The molecule has 0 spiro atoms. The Morgan fingerprint density at radius 3 is 1.77 bits per heavy atom. The average Bonchev–Trinajstić information content (AvgIpc) is 3.62. The highest BCUT2D eigenvalue weighted by Gasteiger charge is 2.18. The van der Waals surface area contributed by atoms with Crippen LogP contribution in [0.3, 0.4) is 0 Å². The largest absolute Gasteiger partial charge is 0.456 e. The second-order valence-electron chi connectivity index (χ2n) is 10.9. The maximum atomic E-state index is 6.34. The van der Waals surface area contributed by atoms with E-state index in [9.17, 15) is 0 Å². The van der Waals surface area contributed by atoms with Gasteiger partial charge in [0.2, 0.25) is 0 Å². The number of nitrogens with zero attached hydrogens (tertiary/aromatic N) is 1. The number of fused-ring (bicyclic) bond motifs is 7. The standard InChI is InChI=1S/C40H25NO2/c1-2-11-28(12-3-1)41(30-22-23-33-32-14-6-8-16-35(32)42-37(33)25-30)29-20-18-26(19-21-29)39-31-13-5-4-10-27(31)24-38-40(39)34-15-7-9-17-36(34)43-38/h1-25H. The molecule has 0 aliphatic heterocycles. The van der Waals surface area contributed by atoms with Gasteiger partial charge >= 0.3 is 0 Å². The Hall–Kier alpha value is -5.80. The van der Waals surface area contributed by atoms with Crippen LogP contribution in [0, 0.1) is 0 Å². The van der Waals surface area contributed by atoms with Crippen molar-refractivity contribution in [3.8, 4) is 11.1 Å². The second kappa shape index (κ2) is 9.37.